The van der Waals surface area contributed by atoms with Gasteiger partial charge in [-0.15, -0.1) is 0 Å². The number of carbonyl (C=O) groups excluding carboxylic acids is 3. The van der Waals surface area contributed by atoms with Crippen molar-refractivity contribution in [3.63, 3.8) is 0 Å². The number of cyclic esters (lactones) is 1. The third-order valence-corrected chi connectivity index (χ3v) is 2.16. The maximum absolute atomic E-state index is 11.4. The van der Waals surface area contributed by atoms with Crippen molar-refractivity contribution in [1.82, 2.24) is 4.90 Å². The molecule has 0 radical (unpaired) electrons. The summed E-state index contributed by atoms with van der Waals surface area (Å²) in [5, 5.41) is 0. The standard InChI is InChI=1S/C10H15NO5/c1-3-15-9(13)5-7(12)4-8-6-11(2)10(14)16-8/h8H,3-6H2,1-2H3. The number of hydrogen-bond acceptors (Lipinski definition) is 5. The maximum Gasteiger partial charge on any atom is 0.409 e. The molecule has 1 heterocycles. The van der Waals surface area contributed by atoms with E-state index < -0.39 is 18.2 Å². The molecule has 1 rings (SSSR count). The van der Waals surface area contributed by atoms with E-state index in [1.54, 1.807) is 14.0 Å². The van der Waals surface area contributed by atoms with Crippen molar-refractivity contribution in [3.05, 3.63) is 0 Å². The van der Waals surface area contributed by atoms with Gasteiger partial charge in [0.2, 0.25) is 0 Å². The number of carbonyl (C=O) groups is 3. The molecule has 1 amide bonds. The van der Waals surface area contributed by atoms with Crippen LogP contribution in [0.3, 0.4) is 0 Å². The Hall–Kier alpha value is -1.59. The van der Waals surface area contributed by atoms with E-state index >= 15 is 0 Å². The van der Waals surface area contributed by atoms with Crippen LogP contribution in [0.5, 0.6) is 0 Å². The van der Waals surface area contributed by atoms with Crippen LogP contribution in [-0.2, 0) is 19.1 Å². The van der Waals surface area contributed by atoms with Crippen LogP contribution in [0.25, 0.3) is 0 Å². The quantitative estimate of drug-likeness (QED) is 0.502. The molecule has 0 N–H and O–H groups in total. The van der Waals surface area contributed by atoms with Crippen LogP contribution in [0, 0.1) is 0 Å². The van der Waals surface area contributed by atoms with E-state index in [0.717, 1.165) is 0 Å². The minimum absolute atomic E-state index is 0.0644. The van der Waals surface area contributed by atoms with Gasteiger partial charge in [-0.1, -0.05) is 0 Å². The average molecular weight is 229 g/mol. The van der Waals surface area contributed by atoms with Gasteiger partial charge in [0, 0.05) is 13.5 Å². The van der Waals surface area contributed by atoms with Crippen LogP contribution >= 0.6 is 0 Å². The molecule has 0 spiro atoms. The van der Waals surface area contributed by atoms with Gasteiger partial charge in [0.25, 0.3) is 0 Å². The molecular formula is C10H15NO5. The van der Waals surface area contributed by atoms with E-state index in [-0.39, 0.29) is 25.2 Å². The molecule has 6 heteroatoms. The number of ketones is 1. The number of hydrogen-bond donors (Lipinski definition) is 0. The third kappa shape index (κ3) is 3.52. The lowest BCUT2D eigenvalue weighted by molar-refractivity contribution is -0.145. The Balaban J connectivity index is 2.30. The Morgan fingerprint density at radius 2 is 2.25 bits per heavy atom. The molecule has 0 saturated carbocycles. The highest BCUT2D eigenvalue weighted by Crippen LogP contribution is 2.13. The molecule has 1 unspecified atom stereocenters. The number of Topliss-reactive ketones (excluding diaryl/α,β-unsaturated/α-hetero) is 1. The summed E-state index contributed by atoms with van der Waals surface area (Å²) in [6.07, 6.45) is -1.08. The van der Waals surface area contributed by atoms with Crippen molar-refractivity contribution in [3.8, 4) is 0 Å². The molecule has 0 aromatic rings. The van der Waals surface area contributed by atoms with Crippen LogP contribution in [0.4, 0.5) is 4.79 Å². The van der Waals surface area contributed by atoms with Gasteiger partial charge in [-0.2, -0.15) is 0 Å². The first kappa shape index (κ1) is 12.5. The molecule has 0 aliphatic carbocycles. The van der Waals surface area contributed by atoms with E-state index in [9.17, 15) is 14.4 Å². The smallest absolute Gasteiger partial charge is 0.409 e. The number of nitrogens with zero attached hydrogens (tertiary/aromatic N) is 1. The molecule has 1 saturated heterocycles. The molecule has 1 aliphatic rings. The van der Waals surface area contributed by atoms with Gasteiger partial charge >= 0.3 is 12.1 Å². The molecule has 90 valence electrons. The molecule has 16 heavy (non-hydrogen) atoms. The highest BCUT2D eigenvalue weighted by molar-refractivity contribution is 5.95. The topological polar surface area (TPSA) is 72.9 Å². The summed E-state index contributed by atoms with van der Waals surface area (Å²) in [6.45, 7) is 2.32. The molecule has 1 aliphatic heterocycles. The Labute approximate surface area is 93.5 Å². The molecule has 0 aromatic carbocycles. The minimum Gasteiger partial charge on any atom is -0.466 e. The van der Waals surface area contributed by atoms with Gasteiger partial charge in [-0.05, 0) is 6.92 Å². The predicted octanol–water partition coefficient (Wildman–Crippen LogP) is 0.349. The zero-order valence-electron chi connectivity index (χ0n) is 9.39. The van der Waals surface area contributed by atoms with E-state index in [1.807, 2.05) is 0 Å². The lowest BCUT2D eigenvalue weighted by atomic mass is 10.1. The Kier molecular flexibility index (Phi) is 4.28. The molecule has 0 aromatic heterocycles. The van der Waals surface area contributed by atoms with Crippen molar-refractivity contribution in [2.45, 2.75) is 25.9 Å². The molecule has 0 bridgehead atoms. The number of likely N-dealkylation sites (N-methyl/N-ethyl adjacent to an activating group) is 1. The normalized spacial score (nSPS) is 19.5. The number of ether oxygens (including phenoxy) is 2. The monoisotopic (exact) mass is 229 g/mol. The van der Waals surface area contributed by atoms with Crippen molar-refractivity contribution >= 4 is 17.8 Å². The van der Waals surface area contributed by atoms with Gasteiger partial charge in [0.1, 0.15) is 18.3 Å². The van der Waals surface area contributed by atoms with Crippen molar-refractivity contribution < 1.29 is 23.9 Å². The SMILES string of the molecule is CCOC(=O)CC(=O)CC1CN(C)C(=O)O1. The number of rotatable bonds is 5. The second-order valence-corrected chi connectivity index (χ2v) is 3.61. The lowest BCUT2D eigenvalue weighted by Gasteiger charge is -2.06. The van der Waals surface area contributed by atoms with Gasteiger partial charge in [-0.3, -0.25) is 9.59 Å². The van der Waals surface area contributed by atoms with Gasteiger partial charge in [-0.25, -0.2) is 4.79 Å². The van der Waals surface area contributed by atoms with Crippen LogP contribution in [-0.4, -0.2) is 49.0 Å². The van der Waals surface area contributed by atoms with Gasteiger partial charge < -0.3 is 14.4 Å². The summed E-state index contributed by atoms with van der Waals surface area (Å²) in [4.78, 5) is 34.8. The first-order valence-electron chi connectivity index (χ1n) is 5.12. The predicted molar refractivity (Wildman–Crippen MR) is 53.8 cm³/mol. The largest absolute Gasteiger partial charge is 0.466 e. The Morgan fingerprint density at radius 3 is 2.75 bits per heavy atom. The second-order valence-electron chi connectivity index (χ2n) is 3.61. The molecule has 1 fully saturated rings. The summed E-state index contributed by atoms with van der Waals surface area (Å²) >= 11 is 0. The lowest BCUT2D eigenvalue weighted by Crippen LogP contribution is -2.22. The average Bonchev–Trinajstić information content (AvgIpc) is 2.45. The van der Waals surface area contributed by atoms with E-state index in [4.69, 9.17) is 4.74 Å². The highest BCUT2D eigenvalue weighted by Gasteiger charge is 2.30. The van der Waals surface area contributed by atoms with Crippen LogP contribution in [0.1, 0.15) is 19.8 Å². The van der Waals surface area contributed by atoms with E-state index in [2.05, 4.69) is 4.74 Å². The molecular weight excluding hydrogens is 214 g/mol. The Morgan fingerprint density at radius 1 is 1.56 bits per heavy atom. The minimum atomic E-state index is -0.537. The zero-order chi connectivity index (χ0) is 12.1. The van der Waals surface area contributed by atoms with Gasteiger partial charge in [0.15, 0.2) is 0 Å². The van der Waals surface area contributed by atoms with Crippen LogP contribution < -0.4 is 0 Å². The summed E-state index contributed by atoms with van der Waals surface area (Å²) < 4.78 is 9.54. The van der Waals surface area contributed by atoms with Gasteiger partial charge in [0.05, 0.1) is 13.2 Å². The second kappa shape index (κ2) is 5.48. The summed E-state index contributed by atoms with van der Waals surface area (Å²) in [5.74, 6) is -0.809. The zero-order valence-corrected chi connectivity index (χ0v) is 9.39. The third-order valence-electron chi connectivity index (χ3n) is 2.16. The van der Waals surface area contributed by atoms with Crippen molar-refractivity contribution in [2.75, 3.05) is 20.2 Å². The van der Waals surface area contributed by atoms with Crippen molar-refractivity contribution in [1.29, 1.82) is 0 Å². The van der Waals surface area contributed by atoms with E-state index in [0.29, 0.717) is 6.54 Å². The Bertz CT molecular complexity index is 302. The number of esters is 1. The highest BCUT2D eigenvalue weighted by atomic mass is 16.6. The van der Waals surface area contributed by atoms with Crippen LogP contribution in [0.15, 0.2) is 0 Å². The van der Waals surface area contributed by atoms with Crippen LogP contribution in [0.2, 0.25) is 0 Å². The molecule has 6 nitrogen and oxygen atoms in total. The van der Waals surface area contributed by atoms with Crippen molar-refractivity contribution in [2.24, 2.45) is 0 Å². The first-order valence-corrected chi connectivity index (χ1v) is 5.12. The first-order chi connectivity index (χ1) is 7.52. The fraction of sp³-hybridized carbons (Fsp3) is 0.700. The summed E-state index contributed by atoms with van der Waals surface area (Å²) in [5.41, 5.74) is 0. The molecule has 1 atom stereocenters. The number of amides is 1. The maximum atomic E-state index is 11.4. The summed E-state index contributed by atoms with van der Waals surface area (Å²) in [6, 6.07) is 0. The fourth-order valence-electron chi connectivity index (χ4n) is 1.46. The van der Waals surface area contributed by atoms with E-state index in [1.165, 1.54) is 4.90 Å². The summed E-state index contributed by atoms with van der Waals surface area (Å²) in [7, 11) is 1.60. The fourth-order valence-corrected chi connectivity index (χ4v) is 1.46.